The molecular weight excluding hydrogens is 398 g/mol. The molecule has 0 aromatic heterocycles. The number of nitrogens with two attached hydrogens (primary N) is 2. The van der Waals surface area contributed by atoms with Gasteiger partial charge in [-0.25, -0.2) is 0 Å². The molecule has 0 saturated heterocycles. The monoisotopic (exact) mass is 431 g/mol. The SMILES string of the molecule is CC(C)(C)c1ccc(CCC(CNC(=O)c2ccccc2O)c2ccc(N)c(N)c2)cc1. The van der Waals surface area contributed by atoms with Crippen molar-refractivity contribution in [3.63, 3.8) is 0 Å². The molecule has 5 heteroatoms. The number of para-hydroxylation sites is 1. The zero-order chi connectivity index (χ0) is 23.3. The van der Waals surface area contributed by atoms with Crippen LogP contribution in [0.3, 0.4) is 0 Å². The van der Waals surface area contributed by atoms with E-state index in [1.165, 1.54) is 17.2 Å². The molecule has 0 bridgehead atoms. The molecule has 6 N–H and O–H groups in total. The average Bonchev–Trinajstić information content (AvgIpc) is 2.75. The summed E-state index contributed by atoms with van der Waals surface area (Å²) in [5.74, 6) is -0.279. The lowest BCUT2D eigenvalue weighted by molar-refractivity contribution is 0.0948. The molecule has 168 valence electrons. The number of aryl methyl sites for hydroxylation is 1. The van der Waals surface area contributed by atoms with Crippen LogP contribution >= 0.6 is 0 Å². The smallest absolute Gasteiger partial charge is 0.255 e. The molecule has 1 unspecified atom stereocenters. The quantitative estimate of drug-likeness (QED) is 0.395. The molecule has 32 heavy (non-hydrogen) atoms. The van der Waals surface area contributed by atoms with Gasteiger partial charge in [-0.2, -0.15) is 0 Å². The predicted octanol–water partition coefficient (Wildman–Crippen LogP) is 5.00. The van der Waals surface area contributed by atoms with Gasteiger partial charge in [-0.05, 0) is 59.2 Å². The highest BCUT2D eigenvalue weighted by molar-refractivity contribution is 5.96. The molecule has 0 aliphatic carbocycles. The molecule has 0 radical (unpaired) electrons. The Morgan fingerprint density at radius 1 is 0.969 bits per heavy atom. The molecule has 0 fully saturated rings. The number of nitrogen functional groups attached to an aromatic ring is 2. The number of benzene rings is 3. The zero-order valence-corrected chi connectivity index (χ0v) is 19.1. The zero-order valence-electron chi connectivity index (χ0n) is 19.1. The Kier molecular flexibility index (Phi) is 7.08. The third kappa shape index (κ3) is 5.82. The molecule has 0 aliphatic heterocycles. The molecule has 1 amide bonds. The number of hydrogen-bond donors (Lipinski definition) is 4. The van der Waals surface area contributed by atoms with E-state index in [0.29, 0.717) is 17.9 Å². The van der Waals surface area contributed by atoms with Gasteiger partial charge in [0, 0.05) is 12.5 Å². The molecular formula is C27H33N3O2. The molecule has 3 aromatic rings. The molecule has 0 heterocycles. The van der Waals surface area contributed by atoms with Crippen LogP contribution in [-0.4, -0.2) is 17.6 Å². The number of carbonyl (C=O) groups is 1. The summed E-state index contributed by atoms with van der Waals surface area (Å²) in [6, 6.07) is 20.9. The van der Waals surface area contributed by atoms with E-state index in [9.17, 15) is 9.90 Å². The number of rotatable bonds is 7. The largest absolute Gasteiger partial charge is 0.507 e. The third-order valence-electron chi connectivity index (χ3n) is 5.84. The number of carbonyl (C=O) groups excluding carboxylic acids is 1. The summed E-state index contributed by atoms with van der Waals surface area (Å²) >= 11 is 0. The Morgan fingerprint density at radius 2 is 1.66 bits per heavy atom. The van der Waals surface area contributed by atoms with Crippen molar-refractivity contribution in [3.8, 4) is 5.75 Å². The second-order valence-corrected chi connectivity index (χ2v) is 9.30. The second kappa shape index (κ2) is 9.77. The van der Waals surface area contributed by atoms with Gasteiger partial charge in [0.2, 0.25) is 0 Å². The van der Waals surface area contributed by atoms with E-state index in [-0.39, 0.29) is 28.6 Å². The maximum atomic E-state index is 12.6. The molecule has 3 aromatic carbocycles. The van der Waals surface area contributed by atoms with E-state index in [4.69, 9.17) is 11.5 Å². The molecule has 0 aliphatic rings. The Hall–Kier alpha value is -3.47. The second-order valence-electron chi connectivity index (χ2n) is 9.30. The number of phenolic OH excluding ortho intramolecular Hbond substituents is 1. The van der Waals surface area contributed by atoms with Crippen molar-refractivity contribution < 1.29 is 9.90 Å². The van der Waals surface area contributed by atoms with Crippen molar-refractivity contribution in [2.24, 2.45) is 0 Å². The Labute approximate surface area is 190 Å². The van der Waals surface area contributed by atoms with Gasteiger partial charge in [0.05, 0.1) is 16.9 Å². The molecule has 0 spiro atoms. The van der Waals surface area contributed by atoms with Crippen LogP contribution in [0.5, 0.6) is 5.75 Å². The van der Waals surface area contributed by atoms with E-state index < -0.39 is 0 Å². The number of nitrogens with one attached hydrogen (secondary N) is 1. The molecule has 1 atom stereocenters. The van der Waals surface area contributed by atoms with Gasteiger partial charge in [0.15, 0.2) is 0 Å². The minimum absolute atomic E-state index is 0.0304. The number of hydrogen-bond acceptors (Lipinski definition) is 4. The summed E-state index contributed by atoms with van der Waals surface area (Å²) in [4.78, 5) is 12.6. The van der Waals surface area contributed by atoms with Crippen molar-refractivity contribution >= 4 is 17.3 Å². The van der Waals surface area contributed by atoms with Crippen molar-refractivity contribution in [2.75, 3.05) is 18.0 Å². The third-order valence-corrected chi connectivity index (χ3v) is 5.84. The topological polar surface area (TPSA) is 101 Å². The minimum atomic E-state index is -0.300. The maximum Gasteiger partial charge on any atom is 0.255 e. The number of amides is 1. The van der Waals surface area contributed by atoms with E-state index in [0.717, 1.165) is 18.4 Å². The van der Waals surface area contributed by atoms with E-state index in [2.05, 4.69) is 50.4 Å². The Morgan fingerprint density at radius 3 is 2.28 bits per heavy atom. The lowest BCUT2D eigenvalue weighted by Crippen LogP contribution is -2.28. The van der Waals surface area contributed by atoms with Crippen molar-refractivity contribution in [1.82, 2.24) is 5.32 Å². The summed E-state index contributed by atoms with van der Waals surface area (Å²) in [6.07, 6.45) is 1.70. The average molecular weight is 432 g/mol. The van der Waals surface area contributed by atoms with Gasteiger partial charge < -0.3 is 21.9 Å². The minimum Gasteiger partial charge on any atom is -0.507 e. The maximum absolute atomic E-state index is 12.6. The summed E-state index contributed by atoms with van der Waals surface area (Å²) in [6.45, 7) is 7.04. The number of aromatic hydroxyl groups is 1. The fourth-order valence-electron chi connectivity index (χ4n) is 3.72. The highest BCUT2D eigenvalue weighted by Crippen LogP contribution is 2.28. The van der Waals surface area contributed by atoms with Gasteiger partial charge >= 0.3 is 0 Å². The fourth-order valence-corrected chi connectivity index (χ4v) is 3.72. The molecule has 5 nitrogen and oxygen atoms in total. The first-order valence-electron chi connectivity index (χ1n) is 11.0. The Bertz CT molecular complexity index is 1070. The number of anilines is 2. The fraction of sp³-hybridized carbons (Fsp3) is 0.296. The van der Waals surface area contributed by atoms with Crippen LogP contribution in [0.25, 0.3) is 0 Å². The van der Waals surface area contributed by atoms with Gasteiger partial charge in [-0.3, -0.25) is 4.79 Å². The summed E-state index contributed by atoms with van der Waals surface area (Å²) < 4.78 is 0. The van der Waals surface area contributed by atoms with Crippen LogP contribution in [-0.2, 0) is 11.8 Å². The first-order valence-corrected chi connectivity index (χ1v) is 11.0. The van der Waals surface area contributed by atoms with E-state index in [1.54, 1.807) is 24.3 Å². The summed E-state index contributed by atoms with van der Waals surface area (Å²) in [5.41, 5.74) is 17.0. The highest BCUT2D eigenvalue weighted by Gasteiger charge is 2.17. The van der Waals surface area contributed by atoms with Crippen LogP contribution in [0.2, 0.25) is 0 Å². The summed E-state index contributed by atoms with van der Waals surface area (Å²) in [5, 5.41) is 12.9. The van der Waals surface area contributed by atoms with Crippen LogP contribution in [0, 0.1) is 0 Å². The molecule has 0 saturated carbocycles. The van der Waals surface area contributed by atoms with Crippen molar-refractivity contribution in [3.05, 3.63) is 89.0 Å². The van der Waals surface area contributed by atoms with Crippen LogP contribution in [0.4, 0.5) is 11.4 Å². The van der Waals surface area contributed by atoms with Gasteiger partial charge in [0.1, 0.15) is 5.75 Å². The number of phenols is 1. The van der Waals surface area contributed by atoms with Crippen LogP contribution in [0.1, 0.15) is 60.2 Å². The van der Waals surface area contributed by atoms with Crippen LogP contribution in [0.15, 0.2) is 66.7 Å². The van der Waals surface area contributed by atoms with Crippen molar-refractivity contribution in [1.29, 1.82) is 0 Å². The van der Waals surface area contributed by atoms with Crippen LogP contribution < -0.4 is 16.8 Å². The predicted molar refractivity (Wildman–Crippen MR) is 132 cm³/mol. The lowest BCUT2D eigenvalue weighted by atomic mass is 9.86. The van der Waals surface area contributed by atoms with E-state index >= 15 is 0 Å². The highest BCUT2D eigenvalue weighted by atomic mass is 16.3. The normalized spacial score (nSPS) is 12.3. The van der Waals surface area contributed by atoms with Gasteiger partial charge in [0.25, 0.3) is 5.91 Å². The first-order chi connectivity index (χ1) is 15.1. The van der Waals surface area contributed by atoms with E-state index in [1.807, 2.05) is 12.1 Å². The Balaban J connectivity index is 1.74. The van der Waals surface area contributed by atoms with Crippen molar-refractivity contribution in [2.45, 2.75) is 44.9 Å². The summed E-state index contributed by atoms with van der Waals surface area (Å²) in [7, 11) is 0. The first kappa shape index (κ1) is 23.2. The van der Waals surface area contributed by atoms with Gasteiger partial charge in [-0.15, -0.1) is 0 Å². The lowest BCUT2D eigenvalue weighted by Gasteiger charge is -2.21. The molecule has 3 rings (SSSR count). The van der Waals surface area contributed by atoms with Gasteiger partial charge in [-0.1, -0.05) is 63.2 Å². The standard InChI is InChI=1S/C27H33N3O2/c1-27(2,3)21-13-9-18(10-14-21)8-11-20(19-12-15-23(28)24(29)16-19)17-30-26(32)22-6-4-5-7-25(22)31/h4-7,9-10,12-16,20,31H,8,11,17,28-29H2,1-3H3,(H,30,32).